The van der Waals surface area contributed by atoms with Crippen molar-refractivity contribution >= 4 is 31.5 Å². The van der Waals surface area contributed by atoms with Crippen LogP contribution in [-0.2, 0) is 4.57 Å². The predicted octanol–water partition coefficient (Wildman–Crippen LogP) is 0.539. The molecule has 1 aromatic heterocycles. The van der Waals surface area contributed by atoms with E-state index in [1.165, 1.54) is 6.20 Å². The van der Waals surface area contributed by atoms with E-state index in [0.717, 1.165) is 0 Å². The lowest BCUT2D eigenvalue weighted by Crippen LogP contribution is -1.84. The normalized spacial score (nSPS) is 9.08. The highest BCUT2D eigenvalue weighted by molar-refractivity contribution is 7.30. The fraction of sp³-hybridized carbons (Fsp3) is 0. The van der Waals surface area contributed by atoms with Crippen molar-refractivity contribution < 1.29 is 14.4 Å². The van der Waals surface area contributed by atoms with Gasteiger partial charge in [-0.3, -0.25) is 4.57 Å². The molecule has 1 aromatic rings. The second-order valence-electron chi connectivity index (χ2n) is 1.36. The molecule has 0 amide bonds. The SMILES string of the molecule is Clc1cnnnc1Cl.O=[PH](O)O. The van der Waals surface area contributed by atoms with E-state index in [4.69, 9.17) is 37.6 Å². The third kappa shape index (κ3) is 6.45. The van der Waals surface area contributed by atoms with E-state index in [2.05, 4.69) is 15.4 Å². The molecule has 0 atom stereocenters. The maximum Gasteiger partial charge on any atom is 0.314 e. The Kier molecular flexibility index (Phi) is 6.14. The van der Waals surface area contributed by atoms with E-state index in [1.807, 2.05) is 0 Å². The van der Waals surface area contributed by atoms with E-state index < -0.39 is 8.25 Å². The Bertz CT molecular complexity index is 248. The smallest absolute Gasteiger partial charge is 0.314 e. The molecule has 0 aliphatic heterocycles. The third-order valence-corrected chi connectivity index (χ3v) is 1.20. The molecule has 0 aromatic carbocycles. The van der Waals surface area contributed by atoms with Crippen LogP contribution in [0.2, 0.25) is 10.2 Å². The molecule has 0 bridgehead atoms. The molecule has 0 aliphatic rings. The Morgan fingerprint density at radius 2 is 1.92 bits per heavy atom. The minimum atomic E-state index is -3.13. The van der Waals surface area contributed by atoms with Crippen molar-refractivity contribution in [3.63, 3.8) is 0 Å². The van der Waals surface area contributed by atoms with Gasteiger partial charge in [-0.05, 0) is 5.21 Å². The van der Waals surface area contributed by atoms with Gasteiger partial charge in [0.1, 0.15) is 5.02 Å². The summed E-state index contributed by atoms with van der Waals surface area (Å²) in [6.07, 6.45) is 1.33. The highest BCUT2D eigenvalue weighted by Crippen LogP contribution is 2.13. The van der Waals surface area contributed by atoms with Crippen LogP contribution in [0.4, 0.5) is 0 Å². The van der Waals surface area contributed by atoms with Crippen molar-refractivity contribution in [1.29, 1.82) is 0 Å². The van der Waals surface area contributed by atoms with Gasteiger partial charge in [-0.2, -0.15) is 0 Å². The summed E-state index contributed by atoms with van der Waals surface area (Å²) in [7, 11) is -3.13. The summed E-state index contributed by atoms with van der Waals surface area (Å²) >= 11 is 10.8. The number of rotatable bonds is 0. The highest BCUT2D eigenvalue weighted by Gasteiger charge is 1.94. The van der Waals surface area contributed by atoms with Crippen molar-refractivity contribution in [3.8, 4) is 0 Å². The zero-order valence-corrected chi connectivity index (χ0v) is 7.99. The Morgan fingerprint density at radius 3 is 2.17 bits per heavy atom. The molecule has 0 spiro atoms. The summed E-state index contributed by atoms with van der Waals surface area (Å²) in [4.78, 5) is 14.3. The number of nitrogens with zero attached hydrogens (tertiary/aromatic N) is 3. The molecule has 0 unspecified atom stereocenters. The summed E-state index contributed by atoms with van der Waals surface area (Å²) in [6, 6.07) is 0. The summed E-state index contributed by atoms with van der Waals surface area (Å²) in [5.74, 6) is 0. The Morgan fingerprint density at radius 1 is 1.42 bits per heavy atom. The summed E-state index contributed by atoms with van der Waals surface area (Å²) in [5, 5.41) is 10.5. The van der Waals surface area contributed by atoms with Gasteiger partial charge in [-0.25, -0.2) is 0 Å². The van der Waals surface area contributed by atoms with Crippen molar-refractivity contribution in [1.82, 2.24) is 15.4 Å². The zero-order valence-electron chi connectivity index (χ0n) is 5.48. The van der Waals surface area contributed by atoms with Gasteiger partial charge in [-0.15, -0.1) is 10.2 Å². The predicted molar refractivity (Wildman–Crippen MR) is 43.3 cm³/mol. The van der Waals surface area contributed by atoms with Crippen LogP contribution in [0.5, 0.6) is 0 Å². The van der Waals surface area contributed by atoms with Gasteiger partial charge in [0.15, 0.2) is 5.15 Å². The molecular formula is C3H4Cl2N3O3P. The van der Waals surface area contributed by atoms with Crippen LogP contribution in [-0.4, -0.2) is 25.2 Å². The Balaban J connectivity index is 0.000000261. The van der Waals surface area contributed by atoms with Crippen LogP contribution in [0.3, 0.4) is 0 Å². The van der Waals surface area contributed by atoms with Crippen LogP contribution < -0.4 is 0 Å². The maximum atomic E-state index is 8.74. The van der Waals surface area contributed by atoms with Crippen LogP contribution in [0, 0.1) is 0 Å². The van der Waals surface area contributed by atoms with Crippen molar-refractivity contribution in [2.75, 3.05) is 0 Å². The van der Waals surface area contributed by atoms with Gasteiger partial charge in [0.2, 0.25) is 0 Å². The average molecular weight is 232 g/mol. The van der Waals surface area contributed by atoms with Crippen molar-refractivity contribution in [2.24, 2.45) is 0 Å². The Hall–Kier alpha value is -0.260. The fourth-order valence-electron chi connectivity index (χ4n) is 0.243. The quantitative estimate of drug-likeness (QED) is 0.633. The van der Waals surface area contributed by atoms with Gasteiger partial charge in [0, 0.05) is 0 Å². The number of aromatic nitrogens is 3. The first-order chi connectivity index (χ1) is 5.54. The van der Waals surface area contributed by atoms with E-state index in [9.17, 15) is 0 Å². The third-order valence-electron chi connectivity index (χ3n) is 0.552. The standard InChI is InChI=1S/C3HCl2N3.H3O3P/c4-2-1-6-8-7-3(2)5;1-4(2)3/h1H;4H,(H2,1,2,3). The van der Waals surface area contributed by atoms with Gasteiger partial charge in [-0.1, -0.05) is 23.2 Å². The lowest BCUT2D eigenvalue weighted by atomic mass is 10.7. The van der Waals surface area contributed by atoms with Gasteiger partial charge in [0.05, 0.1) is 6.20 Å². The van der Waals surface area contributed by atoms with Crippen molar-refractivity contribution in [2.45, 2.75) is 0 Å². The zero-order chi connectivity index (χ0) is 9.56. The highest BCUT2D eigenvalue weighted by atomic mass is 35.5. The molecule has 0 aliphatic carbocycles. The van der Waals surface area contributed by atoms with Crippen LogP contribution in [0.1, 0.15) is 0 Å². The molecule has 0 fully saturated rings. The van der Waals surface area contributed by atoms with Gasteiger partial charge in [0.25, 0.3) is 0 Å². The molecule has 0 radical (unpaired) electrons. The summed E-state index contributed by atoms with van der Waals surface area (Å²) in [5.41, 5.74) is 0. The van der Waals surface area contributed by atoms with Gasteiger partial charge >= 0.3 is 8.25 Å². The monoisotopic (exact) mass is 231 g/mol. The molecule has 0 saturated carbocycles. The van der Waals surface area contributed by atoms with Gasteiger partial charge < -0.3 is 9.79 Å². The molecule has 1 heterocycles. The van der Waals surface area contributed by atoms with E-state index in [-0.39, 0.29) is 5.15 Å². The first-order valence-corrected chi connectivity index (χ1v) is 4.51. The van der Waals surface area contributed by atoms with Crippen molar-refractivity contribution in [3.05, 3.63) is 16.4 Å². The first-order valence-electron chi connectivity index (χ1n) is 2.45. The molecule has 2 N–H and O–H groups in total. The number of hydrogen-bond donors (Lipinski definition) is 2. The molecular weight excluding hydrogens is 228 g/mol. The first kappa shape index (κ1) is 11.7. The largest absolute Gasteiger partial charge is 0.326 e. The lowest BCUT2D eigenvalue weighted by Gasteiger charge is -1.84. The van der Waals surface area contributed by atoms with Crippen LogP contribution in [0.25, 0.3) is 0 Å². The number of halogens is 2. The second-order valence-corrected chi connectivity index (χ2v) is 2.69. The molecule has 6 nitrogen and oxygen atoms in total. The summed E-state index contributed by atoms with van der Waals surface area (Å²) in [6.45, 7) is 0. The lowest BCUT2D eigenvalue weighted by molar-refractivity contribution is 0.405. The maximum absolute atomic E-state index is 8.74. The van der Waals surface area contributed by atoms with E-state index >= 15 is 0 Å². The minimum Gasteiger partial charge on any atom is -0.326 e. The van der Waals surface area contributed by atoms with E-state index in [0.29, 0.717) is 5.02 Å². The Labute approximate surface area is 78.1 Å². The second kappa shape index (κ2) is 6.28. The molecule has 9 heteroatoms. The molecule has 12 heavy (non-hydrogen) atoms. The van der Waals surface area contributed by atoms with Crippen LogP contribution in [0.15, 0.2) is 6.20 Å². The molecule has 1 rings (SSSR count). The summed E-state index contributed by atoms with van der Waals surface area (Å²) < 4.78 is 8.74. The topological polar surface area (TPSA) is 96.2 Å². The molecule has 68 valence electrons. The molecule has 0 saturated heterocycles. The minimum absolute atomic E-state index is 0.182. The van der Waals surface area contributed by atoms with E-state index in [1.54, 1.807) is 0 Å². The fourth-order valence-corrected chi connectivity index (χ4v) is 0.407. The average Bonchev–Trinajstić information content (AvgIpc) is 1.94. The number of hydrogen-bond acceptors (Lipinski definition) is 4. The van der Waals surface area contributed by atoms with Crippen LogP contribution >= 0.6 is 31.5 Å².